The quantitative estimate of drug-likeness (QED) is 0.844. The lowest BCUT2D eigenvalue weighted by atomic mass is 9.96. The Bertz CT molecular complexity index is 414. The smallest absolute Gasteiger partial charge is 0.0594 e. The number of nitrogens with zero attached hydrogens (tertiary/aromatic N) is 2. The molecule has 0 spiro atoms. The van der Waals surface area contributed by atoms with Crippen LogP contribution in [0.15, 0.2) is 30.3 Å². The molecule has 2 aliphatic rings. The third-order valence-corrected chi connectivity index (χ3v) is 4.66. The molecule has 4 heteroatoms. The maximum Gasteiger partial charge on any atom is 0.0594 e. The van der Waals surface area contributed by atoms with Crippen molar-refractivity contribution in [3.63, 3.8) is 0 Å². The average molecular weight is 290 g/mol. The summed E-state index contributed by atoms with van der Waals surface area (Å²) >= 11 is 0. The first kappa shape index (κ1) is 15.0. The zero-order valence-corrected chi connectivity index (χ0v) is 12.9. The van der Waals surface area contributed by atoms with E-state index in [1.165, 1.54) is 5.56 Å². The first-order chi connectivity index (χ1) is 10.4. The highest BCUT2D eigenvalue weighted by Crippen LogP contribution is 2.28. The molecule has 4 nitrogen and oxygen atoms in total. The molecule has 2 fully saturated rings. The molecule has 2 saturated heterocycles. The highest BCUT2D eigenvalue weighted by Gasteiger charge is 2.31. The first-order valence-electron chi connectivity index (χ1n) is 8.05. The minimum atomic E-state index is 0.438. The van der Waals surface area contributed by atoms with Crippen LogP contribution in [-0.4, -0.2) is 68.4 Å². The Kier molecular flexibility index (Phi) is 5.25. The maximum absolute atomic E-state index is 5.54. The van der Waals surface area contributed by atoms with Gasteiger partial charge in [0, 0.05) is 32.2 Å². The predicted octanol–water partition coefficient (Wildman–Crippen LogP) is 1.78. The van der Waals surface area contributed by atoms with Gasteiger partial charge in [-0.15, -0.1) is 0 Å². The number of hydrogen-bond donors (Lipinski definition) is 0. The van der Waals surface area contributed by atoms with Gasteiger partial charge in [-0.1, -0.05) is 30.3 Å². The Labute approximate surface area is 127 Å². The molecule has 0 amide bonds. The van der Waals surface area contributed by atoms with Crippen LogP contribution in [0.1, 0.15) is 18.5 Å². The van der Waals surface area contributed by atoms with Crippen molar-refractivity contribution < 1.29 is 9.47 Å². The second-order valence-corrected chi connectivity index (χ2v) is 5.89. The van der Waals surface area contributed by atoms with Crippen LogP contribution >= 0.6 is 0 Å². The molecule has 2 aliphatic heterocycles. The molecule has 21 heavy (non-hydrogen) atoms. The Balaban J connectivity index is 1.80. The van der Waals surface area contributed by atoms with Crippen molar-refractivity contribution in [3.05, 3.63) is 35.9 Å². The van der Waals surface area contributed by atoms with Crippen molar-refractivity contribution >= 4 is 0 Å². The van der Waals surface area contributed by atoms with Crippen LogP contribution in [0.3, 0.4) is 0 Å². The normalized spacial score (nSPS) is 24.6. The van der Waals surface area contributed by atoms with Crippen LogP contribution in [-0.2, 0) is 9.47 Å². The number of ether oxygens (including phenoxy) is 2. The lowest BCUT2D eigenvalue weighted by Crippen LogP contribution is -2.51. The molecule has 0 aliphatic carbocycles. The van der Waals surface area contributed by atoms with E-state index in [0.717, 1.165) is 52.6 Å². The van der Waals surface area contributed by atoms with Gasteiger partial charge in [-0.3, -0.25) is 9.80 Å². The number of morpholine rings is 2. The zero-order chi connectivity index (χ0) is 14.5. The van der Waals surface area contributed by atoms with Gasteiger partial charge >= 0.3 is 0 Å². The van der Waals surface area contributed by atoms with Crippen molar-refractivity contribution in [3.8, 4) is 0 Å². The summed E-state index contributed by atoms with van der Waals surface area (Å²) in [5.74, 6) is 0. The predicted molar refractivity (Wildman–Crippen MR) is 83.4 cm³/mol. The van der Waals surface area contributed by atoms with Gasteiger partial charge in [0.25, 0.3) is 0 Å². The van der Waals surface area contributed by atoms with Crippen molar-refractivity contribution in [2.24, 2.45) is 0 Å². The monoisotopic (exact) mass is 290 g/mol. The molecule has 2 atom stereocenters. The highest BCUT2D eigenvalue weighted by molar-refractivity contribution is 5.21. The van der Waals surface area contributed by atoms with Crippen LogP contribution < -0.4 is 0 Å². The van der Waals surface area contributed by atoms with E-state index in [-0.39, 0.29) is 0 Å². The van der Waals surface area contributed by atoms with Crippen LogP contribution in [0.2, 0.25) is 0 Å². The van der Waals surface area contributed by atoms with Gasteiger partial charge in [0.2, 0.25) is 0 Å². The summed E-state index contributed by atoms with van der Waals surface area (Å²) in [7, 11) is 0. The van der Waals surface area contributed by atoms with Crippen LogP contribution in [0.5, 0.6) is 0 Å². The molecule has 0 N–H and O–H groups in total. The molecule has 2 heterocycles. The summed E-state index contributed by atoms with van der Waals surface area (Å²) in [4.78, 5) is 5.15. The third kappa shape index (κ3) is 3.64. The second-order valence-electron chi connectivity index (χ2n) is 5.89. The SMILES string of the molecule is CC(C(c1ccccc1)N1CCOCC1)N1CCOCC1. The van der Waals surface area contributed by atoms with E-state index >= 15 is 0 Å². The van der Waals surface area contributed by atoms with E-state index in [1.807, 2.05) is 0 Å². The van der Waals surface area contributed by atoms with Crippen LogP contribution in [0.25, 0.3) is 0 Å². The fourth-order valence-electron chi connectivity index (χ4n) is 3.48. The summed E-state index contributed by atoms with van der Waals surface area (Å²) in [6.45, 7) is 9.88. The molecular weight excluding hydrogens is 264 g/mol. The maximum atomic E-state index is 5.54. The molecule has 0 saturated carbocycles. The van der Waals surface area contributed by atoms with Crippen LogP contribution in [0, 0.1) is 0 Å². The van der Waals surface area contributed by atoms with Gasteiger partial charge in [0.1, 0.15) is 0 Å². The summed E-state index contributed by atoms with van der Waals surface area (Å²) in [6.07, 6.45) is 0. The molecule has 3 rings (SSSR count). The number of rotatable bonds is 4. The Morgan fingerprint density at radius 1 is 0.810 bits per heavy atom. The van der Waals surface area contributed by atoms with Crippen molar-refractivity contribution in [2.75, 3.05) is 52.6 Å². The fourth-order valence-corrected chi connectivity index (χ4v) is 3.48. The van der Waals surface area contributed by atoms with Gasteiger partial charge in [-0.05, 0) is 12.5 Å². The van der Waals surface area contributed by atoms with E-state index in [9.17, 15) is 0 Å². The summed E-state index contributed by atoms with van der Waals surface area (Å²) < 4.78 is 11.0. The van der Waals surface area contributed by atoms with Gasteiger partial charge in [0.05, 0.1) is 32.5 Å². The first-order valence-corrected chi connectivity index (χ1v) is 8.05. The minimum Gasteiger partial charge on any atom is -0.379 e. The van der Waals surface area contributed by atoms with Gasteiger partial charge in [-0.2, -0.15) is 0 Å². The summed E-state index contributed by atoms with van der Waals surface area (Å²) in [5, 5.41) is 0. The molecule has 1 aromatic rings. The average Bonchev–Trinajstić information content (AvgIpc) is 2.58. The fraction of sp³-hybridized carbons (Fsp3) is 0.647. The third-order valence-electron chi connectivity index (χ3n) is 4.66. The lowest BCUT2D eigenvalue weighted by molar-refractivity contribution is -0.0321. The summed E-state index contributed by atoms with van der Waals surface area (Å²) in [6, 6.07) is 11.8. The van der Waals surface area contributed by atoms with Crippen molar-refractivity contribution in [1.82, 2.24) is 9.80 Å². The zero-order valence-electron chi connectivity index (χ0n) is 12.9. The molecule has 0 radical (unpaired) electrons. The highest BCUT2D eigenvalue weighted by atomic mass is 16.5. The molecule has 116 valence electrons. The van der Waals surface area contributed by atoms with Crippen molar-refractivity contribution in [1.29, 1.82) is 0 Å². The molecule has 2 unspecified atom stereocenters. The number of benzene rings is 1. The molecule has 0 aromatic heterocycles. The van der Waals surface area contributed by atoms with E-state index < -0.39 is 0 Å². The number of hydrogen-bond acceptors (Lipinski definition) is 4. The molecular formula is C17H26N2O2. The minimum absolute atomic E-state index is 0.438. The topological polar surface area (TPSA) is 24.9 Å². The van der Waals surface area contributed by atoms with Crippen LogP contribution in [0.4, 0.5) is 0 Å². The standard InChI is InChI=1S/C17H26N2O2/c1-15(18-7-11-20-12-8-18)17(16-5-3-2-4-6-16)19-9-13-21-14-10-19/h2-6,15,17H,7-14H2,1H3. The largest absolute Gasteiger partial charge is 0.379 e. The van der Waals surface area contributed by atoms with E-state index in [2.05, 4.69) is 47.1 Å². The molecule has 0 bridgehead atoms. The van der Waals surface area contributed by atoms with Gasteiger partial charge in [0.15, 0.2) is 0 Å². The van der Waals surface area contributed by atoms with Gasteiger partial charge < -0.3 is 9.47 Å². The van der Waals surface area contributed by atoms with E-state index in [1.54, 1.807) is 0 Å². The lowest BCUT2D eigenvalue weighted by Gasteiger charge is -2.43. The van der Waals surface area contributed by atoms with Gasteiger partial charge in [-0.25, -0.2) is 0 Å². The van der Waals surface area contributed by atoms with Crippen molar-refractivity contribution in [2.45, 2.75) is 19.0 Å². The molecule has 1 aromatic carbocycles. The summed E-state index contributed by atoms with van der Waals surface area (Å²) in [5.41, 5.74) is 1.42. The van der Waals surface area contributed by atoms with E-state index in [4.69, 9.17) is 9.47 Å². The Morgan fingerprint density at radius 2 is 1.33 bits per heavy atom. The second kappa shape index (κ2) is 7.36. The Hall–Kier alpha value is -0.940. The Morgan fingerprint density at radius 3 is 1.90 bits per heavy atom. The van der Waals surface area contributed by atoms with E-state index in [0.29, 0.717) is 12.1 Å².